The summed E-state index contributed by atoms with van der Waals surface area (Å²) in [7, 11) is -3.46. The fourth-order valence-corrected chi connectivity index (χ4v) is 4.66. The van der Waals surface area contributed by atoms with E-state index in [0.29, 0.717) is 44.2 Å². The molecule has 2 rings (SSSR count). The molecule has 1 heterocycles. The zero-order chi connectivity index (χ0) is 18.6. The standard InChI is InChI=1S/C18H30N2O4S/c1-14(2)24-13-17(21)12-19-7-9-20(10-8-19)25(22,23)18-6-5-15(3)11-16(18)4/h5-6,11,14,17,21H,7-10,12-13H2,1-4H3. The summed E-state index contributed by atoms with van der Waals surface area (Å²) < 4.78 is 32.7. The highest BCUT2D eigenvalue weighted by Crippen LogP contribution is 2.22. The molecule has 1 saturated heterocycles. The van der Waals surface area contributed by atoms with Crippen LogP contribution in [-0.2, 0) is 14.8 Å². The molecular formula is C18H30N2O4S. The molecule has 1 fully saturated rings. The highest BCUT2D eigenvalue weighted by atomic mass is 32.2. The van der Waals surface area contributed by atoms with Crippen LogP contribution in [0.2, 0.25) is 0 Å². The van der Waals surface area contributed by atoms with Crippen molar-refractivity contribution in [2.45, 2.75) is 44.8 Å². The zero-order valence-electron chi connectivity index (χ0n) is 15.6. The Balaban J connectivity index is 1.92. The van der Waals surface area contributed by atoms with Crippen LogP contribution in [0.25, 0.3) is 0 Å². The molecule has 0 aromatic heterocycles. The number of β-amino-alcohol motifs (C(OH)–C–C–N with tert-alkyl or cyclic N) is 1. The zero-order valence-corrected chi connectivity index (χ0v) is 16.4. The van der Waals surface area contributed by atoms with Gasteiger partial charge in [0.15, 0.2) is 0 Å². The molecule has 7 heteroatoms. The van der Waals surface area contributed by atoms with Crippen molar-refractivity contribution in [2.24, 2.45) is 0 Å². The van der Waals surface area contributed by atoms with E-state index in [1.54, 1.807) is 6.07 Å². The lowest BCUT2D eigenvalue weighted by Crippen LogP contribution is -2.50. The van der Waals surface area contributed by atoms with Crippen molar-refractivity contribution in [1.29, 1.82) is 0 Å². The van der Waals surface area contributed by atoms with E-state index >= 15 is 0 Å². The number of aryl methyl sites for hydroxylation is 2. The first-order valence-electron chi connectivity index (χ1n) is 8.79. The first-order chi connectivity index (χ1) is 11.7. The molecule has 1 atom stereocenters. The highest BCUT2D eigenvalue weighted by Gasteiger charge is 2.30. The van der Waals surface area contributed by atoms with Gasteiger partial charge >= 0.3 is 0 Å². The largest absolute Gasteiger partial charge is 0.389 e. The van der Waals surface area contributed by atoms with E-state index in [0.717, 1.165) is 11.1 Å². The SMILES string of the molecule is Cc1ccc(S(=O)(=O)N2CCN(CC(O)COC(C)C)CC2)c(C)c1. The summed E-state index contributed by atoms with van der Waals surface area (Å²) in [5.41, 5.74) is 1.84. The molecule has 1 aromatic carbocycles. The van der Waals surface area contributed by atoms with Crippen LogP contribution in [-0.4, -0.2) is 74.3 Å². The van der Waals surface area contributed by atoms with Gasteiger partial charge in [0.25, 0.3) is 0 Å². The second kappa shape index (κ2) is 8.60. The molecule has 0 saturated carbocycles. The molecule has 25 heavy (non-hydrogen) atoms. The van der Waals surface area contributed by atoms with E-state index in [2.05, 4.69) is 4.90 Å². The second-order valence-corrected chi connectivity index (χ2v) is 8.92. The number of aliphatic hydroxyl groups is 1. The molecule has 1 aromatic rings. The van der Waals surface area contributed by atoms with E-state index in [4.69, 9.17) is 4.74 Å². The lowest BCUT2D eigenvalue weighted by Gasteiger charge is -2.35. The van der Waals surface area contributed by atoms with Gasteiger partial charge in [-0.1, -0.05) is 17.7 Å². The summed E-state index contributed by atoms with van der Waals surface area (Å²) in [6.07, 6.45) is -0.459. The van der Waals surface area contributed by atoms with Crippen LogP contribution in [0.4, 0.5) is 0 Å². The number of aliphatic hydroxyl groups excluding tert-OH is 1. The molecule has 142 valence electrons. The molecule has 1 aliphatic heterocycles. The van der Waals surface area contributed by atoms with Crippen LogP contribution < -0.4 is 0 Å². The van der Waals surface area contributed by atoms with Gasteiger partial charge in [-0.25, -0.2) is 8.42 Å². The third-order valence-electron chi connectivity index (χ3n) is 4.37. The molecule has 1 aliphatic rings. The molecule has 0 radical (unpaired) electrons. The first kappa shape index (κ1) is 20.3. The first-order valence-corrected chi connectivity index (χ1v) is 10.2. The van der Waals surface area contributed by atoms with E-state index in [-0.39, 0.29) is 6.10 Å². The third kappa shape index (κ3) is 5.49. The van der Waals surface area contributed by atoms with E-state index < -0.39 is 16.1 Å². The average molecular weight is 371 g/mol. The molecule has 0 spiro atoms. The van der Waals surface area contributed by atoms with Crippen LogP contribution in [0.15, 0.2) is 23.1 Å². The minimum absolute atomic E-state index is 0.0920. The van der Waals surface area contributed by atoms with Crippen molar-refractivity contribution < 1.29 is 18.3 Å². The minimum atomic E-state index is -3.46. The van der Waals surface area contributed by atoms with Gasteiger partial charge in [0.1, 0.15) is 0 Å². The highest BCUT2D eigenvalue weighted by molar-refractivity contribution is 7.89. The van der Waals surface area contributed by atoms with Crippen molar-refractivity contribution >= 4 is 10.0 Å². The van der Waals surface area contributed by atoms with E-state index in [9.17, 15) is 13.5 Å². The molecule has 0 bridgehead atoms. The van der Waals surface area contributed by atoms with Crippen LogP contribution in [0.5, 0.6) is 0 Å². The Morgan fingerprint density at radius 2 is 1.80 bits per heavy atom. The molecule has 1 N–H and O–H groups in total. The Kier molecular flexibility index (Phi) is 6.99. The summed E-state index contributed by atoms with van der Waals surface area (Å²) in [5, 5.41) is 10.0. The summed E-state index contributed by atoms with van der Waals surface area (Å²) in [5.74, 6) is 0. The number of sulfonamides is 1. The molecule has 6 nitrogen and oxygen atoms in total. The monoisotopic (exact) mass is 370 g/mol. The predicted molar refractivity (Wildman–Crippen MR) is 98.2 cm³/mol. The van der Waals surface area contributed by atoms with Crippen LogP contribution in [0.3, 0.4) is 0 Å². The van der Waals surface area contributed by atoms with Gasteiger partial charge < -0.3 is 9.84 Å². The predicted octanol–water partition coefficient (Wildman–Crippen LogP) is 1.40. The molecule has 0 aliphatic carbocycles. The summed E-state index contributed by atoms with van der Waals surface area (Å²) in [4.78, 5) is 2.47. The quantitative estimate of drug-likeness (QED) is 0.786. The Hall–Kier alpha value is -0.990. The number of hydrogen-bond acceptors (Lipinski definition) is 5. The Labute approximate surface area is 151 Å². The maximum absolute atomic E-state index is 12.9. The van der Waals surface area contributed by atoms with E-state index in [1.165, 1.54) is 4.31 Å². The van der Waals surface area contributed by atoms with Gasteiger partial charge in [-0.3, -0.25) is 4.90 Å². The Morgan fingerprint density at radius 3 is 2.36 bits per heavy atom. The molecule has 0 amide bonds. The van der Waals surface area contributed by atoms with Crippen LogP contribution >= 0.6 is 0 Å². The number of hydrogen-bond donors (Lipinski definition) is 1. The fraction of sp³-hybridized carbons (Fsp3) is 0.667. The summed E-state index contributed by atoms with van der Waals surface area (Å²) in [6.45, 7) is 10.6. The minimum Gasteiger partial charge on any atom is -0.389 e. The lowest BCUT2D eigenvalue weighted by molar-refractivity contribution is -0.0117. The summed E-state index contributed by atoms with van der Waals surface area (Å²) >= 11 is 0. The Morgan fingerprint density at radius 1 is 1.16 bits per heavy atom. The number of nitrogens with zero attached hydrogens (tertiary/aromatic N) is 2. The van der Waals surface area contributed by atoms with Crippen molar-refractivity contribution in [3.63, 3.8) is 0 Å². The topological polar surface area (TPSA) is 70.1 Å². The van der Waals surface area contributed by atoms with Crippen LogP contribution in [0, 0.1) is 13.8 Å². The van der Waals surface area contributed by atoms with Crippen LogP contribution in [0.1, 0.15) is 25.0 Å². The van der Waals surface area contributed by atoms with Gasteiger partial charge in [-0.2, -0.15) is 4.31 Å². The maximum Gasteiger partial charge on any atom is 0.243 e. The maximum atomic E-state index is 12.9. The van der Waals surface area contributed by atoms with Gasteiger partial charge in [0.2, 0.25) is 10.0 Å². The van der Waals surface area contributed by atoms with Gasteiger partial charge in [0.05, 0.1) is 23.7 Å². The third-order valence-corrected chi connectivity index (χ3v) is 6.43. The number of rotatable bonds is 7. The van der Waals surface area contributed by atoms with Gasteiger partial charge in [-0.05, 0) is 39.3 Å². The number of benzene rings is 1. The van der Waals surface area contributed by atoms with Gasteiger partial charge in [0, 0.05) is 32.7 Å². The van der Waals surface area contributed by atoms with Gasteiger partial charge in [-0.15, -0.1) is 0 Å². The number of piperazine rings is 1. The average Bonchev–Trinajstić information content (AvgIpc) is 2.53. The van der Waals surface area contributed by atoms with Crippen molar-refractivity contribution in [3.05, 3.63) is 29.3 Å². The van der Waals surface area contributed by atoms with Crippen molar-refractivity contribution in [1.82, 2.24) is 9.21 Å². The smallest absolute Gasteiger partial charge is 0.243 e. The van der Waals surface area contributed by atoms with Crippen molar-refractivity contribution in [2.75, 3.05) is 39.3 Å². The van der Waals surface area contributed by atoms with E-state index in [1.807, 2.05) is 39.8 Å². The van der Waals surface area contributed by atoms with Crippen molar-refractivity contribution in [3.8, 4) is 0 Å². The second-order valence-electron chi connectivity index (χ2n) is 7.01. The molecule has 1 unspecified atom stereocenters. The summed E-state index contributed by atoms with van der Waals surface area (Å²) in [6, 6.07) is 5.43. The lowest BCUT2D eigenvalue weighted by atomic mass is 10.2. The Bertz CT molecular complexity index is 668. The molecular weight excluding hydrogens is 340 g/mol. The normalized spacial score (nSPS) is 18.6. The fourth-order valence-electron chi connectivity index (χ4n) is 3.03. The number of ether oxygens (including phenoxy) is 1.